The highest BCUT2D eigenvalue weighted by Crippen LogP contribution is 2.28. The molecule has 0 aliphatic rings. The van der Waals surface area contributed by atoms with E-state index < -0.39 is 0 Å². The van der Waals surface area contributed by atoms with Crippen LogP contribution in [0.2, 0.25) is 0 Å². The zero-order valence-corrected chi connectivity index (χ0v) is 10.3. The largest absolute Gasteiger partial charge is 0.487 e. The number of aliphatic imine (C=N–C) groups is 1. The van der Waals surface area contributed by atoms with E-state index in [1.807, 2.05) is 30.3 Å². The molecule has 0 aliphatic heterocycles. The summed E-state index contributed by atoms with van der Waals surface area (Å²) in [5.74, 6) is -0.0161. The van der Waals surface area contributed by atoms with Crippen molar-refractivity contribution in [3.63, 3.8) is 0 Å². The van der Waals surface area contributed by atoms with Gasteiger partial charge in [-0.3, -0.25) is 0 Å². The van der Waals surface area contributed by atoms with Crippen LogP contribution in [0.3, 0.4) is 0 Å². The van der Waals surface area contributed by atoms with Gasteiger partial charge < -0.3 is 4.74 Å². The van der Waals surface area contributed by atoms with Crippen molar-refractivity contribution < 1.29 is 9.13 Å². The molecule has 0 spiro atoms. The molecule has 0 fully saturated rings. The lowest BCUT2D eigenvalue weighted by Gasteiger charge is -2.08. The number of ether oxygens (including phenoxy) is 1. The summed E-state index contributed by atoms with van der Waals surface area (Å²) in [4.78, 5) is 3.83. The van der Waals surface area contributed by atoms with E-state index in [9.17, 15) is 4.39 Å². The monoisotopic (exact) mass is 259 g/mol. The molecule has 2 rings (SSSR count). The van der Waals surface area contributed by atoms with Crippen molar-refractivity contribution >= 4 is 23.1 Å². The normalized spacial score (nSPS) is 9.61. The first-order valence-corrected chi connectivity index (χ1v) is 5.74. The summed E-state index contributed by atoms with van der Waals surface area (Å²) >= 11 is 4.54. The summed E-state index contributed by atoms with van der Waals surface area (Å²) in [7, 11) is 0. The lowest BCUT2D eigenvalue weighted by atomic mass is 10.2. The van der Waals surface area contributed by atoms with Gasteiger partial charge in [-0.1, -0.05) is 30.3 Å². The maximum atomic E-state index is 13.1. The van der Waals surface area contributed by atoms with Crippen LogP contribution in [0.5, 0.6) is 5.75 Å². The highest BCUT2D eigenvalue weighted by molar-refractivity contribution is 7.78. The van der Waals surface area contributed by atoms with Crippen LogP contribution in [-0.2, 0) is 6.61 Å². The average Bonchev–Trinajstić information content (AvgIpc) is 2.40. The molecular formula is C14H10FNOS. The van der Waals surface area contributed by atoms with Gasteiger partial charge in [0.25, 0.3) is 0 Å². The third-order valence-electron chi connectivity index (χ3n) is 2.33. The van der Waals surface area contributed by atoms with E-state index in [1.165, 1.54) is 18.2 Å². The van der Waals surface area contributed by atoms with Gasteiger partial charge in [0.2, 0.25) is 0 Å². The van der Waals surface area contributed by atoms with E-state index in [0.29, 0.717) is 18.0 Å². The SMILES string of the molecule is Fc1ccc(N=C=S)c(OCc2ccccc2)c1. The summed E-state index contributed by atoms with van der Waals surface area (Å²) in [6.45, 7) is 0.351. The Balaban J connectivity index is 2.18. The zero-order chi connectivity index (χ0) is 12.8. The standard InChI is InChI=1S/C14H10FNOS/c15-12-6-7-13(16-10-18)14(8-12)17-9-11-4-2-1-3-5-11/h1-8H,9H2. The summed E-state index contributed by atoms with van der Waals surface area (Å²) in [5.41, 5.74) is 1.47. The summed E-state index contributed by atoms with van der Waals surface area (Å²) < 4.78 is 18.7. The molecule has 0 heterocycles. The van der Waals surface area contributed by atoms with E-state index in [-0.39, 0.29) is 5.82 Å². The maximum Gasteiger partial charge on any atom is 0.149 e. The van der Waals surface area contributed by atoms with Crippen molar-refractivity contribution in [2.45, 2.75) is 6.61 Å². The van der Waals surface area contributed by atoms with Gasteiger partial charge in [0.15, 0.2) is 0 Å². The van der Waals surface area contributed by atoms with E-state index in [0.717, 1.165) is 5.56 Å². The number of halogens is 1. The van der Waals surface area contributed by atoms with Gasteiger partial charge >= 0.3 is 0 Å². The number of rotatable bonds is 4. The molecule has 0 amide bonds. The number of nitrogens with zero attached hydrogens (tertiary/aromatic N) is 1. The zero-order valence-electron chi connectivity index (χ0n) is 9.47. The lowest BCUT2D eigenvalue weighted by molar-refractivity contribution is 0.306. The van der Waals surface area contributed by atoms with Crippen molar-refractivity contribution in [2.24, 2.45) is 4.99 Å². The molecule has 4 heteroatoms. The fraction of sp³-hybridized carbons (Fsp3) is 0.0714. The average molecular weight is 259 g/mol. The Morgan fingerprint density at radius 2 is 1.94 bits per heavy atom. The van der Waals surface area contributed by atoms with Crippen molar-refractivity contribution in [1.29, 1.82) is 0 Å². The molecule has 0 saturated heterocycles. The van der Waals surface area contributed by atoms with Crippen LogP contribution in [0.4, 0.5) is 10.1 Å². The van der Waals surface area contributed by atoms with Crippen LogP contribution in [0.1, 0.15) is 5.56 Å². The summed E-state index contributed by atoms with van der Waals surface area (Å²) in [6.07, 6.45) is 0. The predicted molar refractivity (Wildman–Crippen MR) is 71.9 cm³/mol. The van der Waals surface area contributed by atoms with Gasteiger partial charge in [-0.15, -0.1) is 0 Å². The van der Waals surface area contributed by atoms with Gasteiger partial charge in [0.05, 0.1) is 5.16 Å². The van der Waals surface area contributed by atoms with E-state index in [1.54, 1.807) is 0 Å². The molecule has 90 valence electrons. The Hall–Kier alpha value is -2.03. The third kappa shape index (κ3) is 3.23. The van der Waals surface area contributed by atoms with Crippen molar-refractivity contribution in [1.82, 2.24) is 0 Å². The molecular weight excluding hydrogens is 249 g/mol. The molecule has 0 saturated carbocycles. The van der Waals surface area contributed by atoms with Gasteiger partial charge in [0, 0.05) is 6.07 Å². The van der Waals surface area contributed by atoms with Crippen LogP contribution in [0.25, 0.3) is 0 Å². The Morgan fingerprint density at radius 3 is 2.67 bits per heavy atom. The quantitative estimate of drug-likeness (QED) is 0.608. The number of thiocarbonyl (C=S) groups is 1. The van der Waals surface area contributed by atoms with Crippen molar-refractivity contribution in [3.05, 3.63) is 59.9 Å². The Morgan fingerprint density at radius 1 is 1.17 bits per heavy atom. The van der Waals surface area contributed by atoms with E-state index in [4.69, 9.17) is 4.74 Å². The molecule has 2 aromatic rings. The maximum absolute atomic E-state index is 13.1. The van der Waals surface area contributed by atoms with Gasteiger partial charge in [-0.05, 0) is 29.9 Å². The second kappa shape index (κ2) is 6.05. The molecule has 0 radical (unpaired) electrons. The Bertz CT molecular complexity index is 580. The van der Waals surface area contributed by atoms with Crippen molar-refractivity contribution in [2.75, 3.05) is 0 Å². The first-order chi connectivity index (χ1) is 8.79. The molecule has 0 atom stereocenters. The molecule has 0 aliphatic carbocycles. The second-order valence-corrected chi connectivity index (χ2v) is 3.77. The van der Waals surface area contributed by atoms with E-state index >= 15 is 0 Å². The Labute approximate surface area is 110 Å². The second-order valence-electron chi connectivity index (χ2n) is 3.59. The van der Waals surface area contributed by atoms with Gasteiger partial charge in [-0.2, -0.15) is 4.99 Å². The highest BCUT2D eigenvalue weighted by Gasteiger charge is 2.04. The highest BCUT2D eigenvalue weighted by atomic mass is 32.1. The minimum atomic E-state index is -0.374. The molecule has 0 bridgehead atoms. The number of hydrogen-bond donors (Lipinski definition) is 0. The molecule has 18 heavy (non-hydrogen) atoms. The predicted octanol–water partition coefficient (Wildman–Crippen LogP) is 4.14. The lowest BCUT2D eigenvalue weighted by Crippen LogP contribution is -1.95. The summed E-state index contributed by atoms with van der Waals surface area (Å²) in [5, 5.41) is 2.25. The molecule has 2 aromatic carbocycles. The van der Waals surface area contributed by atoms with Crippen LogP contribution in [-0.4, -0.2) is 5.16 Å². The Kier molecular flexibility index (Phi) is 4.18. The third-order valence-corrected chi connectivity index (χ3v) is 2.42. The smallest absolute Gasteiger partial charge is 0.149 e. The van der Waals surface area contributed by atoms with E-state index in [2.05, 4.69) is 22.4 Å². The van der Waals surface area contributed by atoms with Crippen LogP contribution < -0.4 is 4.74 Å². The molecule has 0 unspecified atom stereocenters. The topological polar surface area (TPSA) is 21.6 Å². The minimum absolute atomic E-state index is 0.351. The van der Waals surface area contributed by atoms with Gasteiger partial charge in [-0.25, -0.2) is 4.39 Å². The number of hydrogen-bond acceptors (Lipinski definition) is 3. The minimum Gasteiger partial charge on any atom is -0.487 e. The number of isothiocyanates is 1. The van der Waals surface area contributed by atoms with Crippen LogP contribution >= 0.6 is 12.2 Å². The fourth-order valence-electron chi connectivity index (χ4n) is 1.48. The van der Waals surface area contributed by atoms with Crippen molar-refractivity contribution in [3.8, 4) is 5.75 Å². The number of benzene rings is 2. The fourth-order valence-corrected chi connectivity index (χ4v) is 1.58. The van der Waals surface area contributed by atoms with Crippen LogP contribution in [0.15, 0.2) is 53.5 Å². The summed E-state index contributed by atoms with van der Waals surface area (Å²) in [6, 6.07) is 13.7. The molecule has 0 N–H and O–H groups in total. The van der Waals surface area contributed by atoms with Gasteiger partial charge in [0.1, 0.15) is 23.9 Å². The first kappa shape index (κ1) is 12.4. The molecule has 2 nitrogen and oxygen atoms in total. The molecule has 0 aromatic heterocycles. The first-order valence-electron chi connectivity index (χ1n) is 5.34. The van der Waals surface area contributed by atoms with Crippen LogP contribution in [0, 0.1) is 5.82 Å².